The summed E-state index contributed by atoms with van der Waals surface area (Å²) >= 11 is 0.964. The lowest BCUT2D eigenvalue weighted by Gasteiger charge is -2.05. The maximum absolute atomic E-state index is 14.3. The zero-order valence-electron chi connectivity index (χ0n) is 14.4. The van der Waals surface area contributed by atoms with Gasteiger partial charge in [-0.3, -0.25) is 4.79 Å². The standard InChI is InChI=1S/C17H15FN2O5S2/c1-24-11-6-8-12(9-7-11)27(22,23)19-17-20(10-15(21)25-2)16-13(18)4-3-5-14(16)26-17/h3-9H,10H2,1-2H3/b19-17-. The summed E-state index contributed by atoms with van der Waals surface area (Å²) in [7, 11) is -1.42. The average molecular weight is 410 g/mol. The molecule has 0 aliphatic carbocycles. The summed E-state index contributed by atoms with van der Waals surface area (Å²) in [6, 6.07) is 10.1. The third-order valence-electron chi connectivity index (χ3n) is 3.72. The number of esters is 1. The molecule has 10 heteroatoms. The van der Waals surface area contributed by atoms with Crippen molar-refractivity contribution in [2.24, 2.45) is 4.40 Å². The van der Waals surface area contributed by atoms with Crippen LogP contribution in [0, 0.1) is 5.82 Å². The molecule has 0 aliphatic rings. The second kappa shape index (κ2) is 7.49. The highest BCUT2D eigenvalue weighted by molar-refractivity contribution is 7.90. The van der Waals surface area contributed by atoms with Gasteiger partial charge in [0.15, 0.2) is 0 Å². The van der Waals surface area contributed by atoms with E-state index in [1.54, 1.807) is 6.07 Å². The number of carbonyl (C=O) groups is 1. The molecule has 0 unspecified atom stereocenters. The zero-order chi connectivity index (χ0) is 19.6. The molecule has 0 aliphatic heterocycles. The molecule has 0 amide bonds. The number of benzene rings is 2. The van der Waals surface area contributed by atoms with E-state index in [9.17, 15) is 17.6 Å². The Morgan fingerprint density at radius 1 is 1.19 bits per heavy atom. The lowest BCUT2D eigenvalue weighted by molar-refractivity contribution is -0.141. The summed E-state index contributed by atoms with van der Waals surface area (Å²) < 4.78 is 54.7. The summed E-state index contributed by atoms with van der Waals surface area (Å²) in [6.07, 6.45) is 0. The predicted octanol–water partition coefficient (Wildman–Crippen LogP) is 2.31. The first-order valence-electron chi connectivity index (χ1n) is 7.65. The van der Waals surface area contributed by atoms with Crippen LogP contribution >= 0.6 is 11.3 Å². The number of aromatic nitrogens is 1. The highest BCUT2D eigenvalue weighted by Crippen LogP contribution is 2.22. The molecule has 2 aromatic carbocycles. The van der Waals surface area contributed by atoms with E-state index in [-0.39, 0.29) is 21.8 Å². The van der Waals surface area contributed by atoms with Gasteiger partial charge in [0.2, 0.25) is 4.80 Å². The van der Waals surface area contributed by atoms with Crippen molar-refractivity contribution in [3.8, 4) is 5.75 Å². The Bertz CT molecular complexity index is 1160. The van der Waals surface area contributed by atoms with Gasteiger partial charge in [0.05, 0.1) is 29.3 Å². The van der Waals surface area contributed by atoms with E-state index < -0.39 is 21.8 Å². The summed E-state index contributed by atoms with van der Waals surface area (Å²) in [5.41, 5.74) is 0.0941. The largest absolute Gasteiger partial charge is 0.497 e. The highest BCUT2D eigenvalue weighted by atomic mass is 32.2. The quantitative estimate of drug-likeness (QED) is 0.603. The first-order chi connectivity index (χ1) is 12.9. The molecule has 3 rings (SSSR count). The molecule has 0 bridgehead atoms. The number of rotatable bonds is 5. The molecule has 1 heterocycles. The van der Waals surface area contributed by atoms with Crippen LogP contribution in [-0.4, -0.2) is 33.2 Å². The van der Waals surface area contributed by atoms with E-state index in [0.29, 0.717) is 10.4 Å². The number of para-hydroxylation sites is 1. The zero-order valence-corrected chi connectivity index (χ0v) is 16.0. The minimum atomic E-state index is -4.08. The predicted molar refractivity (Wildman–Crippen MR) is 97.5 cm³/mol. The number of hydrogen-bond acceptors (Lipinski definition) is 6. The van der Waals surface area contributed by atoms with Crippen molar-refractivity contribution in [1.29, 1.82) is 0 Å². The Hall–Kier alpha value is -2.72. The number of carbonyl (C=O) groups excluding carboxylic acids is 1. The van der Waals surface area contributed by atoms with Crippen LogP contribution in [0.2, 0.25) is 0 Å². The van der Waals surface area contributed by atoms with Crippen LogP contribution in [0.25, 0.3) is 10.2 Å². The van der Waals surface area contributed by atoms with Gasteiger partial charge >= 0.3 is 5.97 Å². The normalized spacial score (nSPS) is 12.3. The minimum Gasteiger partial charge on any atom is -0.497 e. The van der Waals surface area contributed by atoms with E-state index in [1.807, 2.05) is 0 Å². The van der Waals surface area contributed by atoms with Crippen LogP contribution in [0.3, 0.4) is 0 Å². The number of nitrogens with zero attached hydrogens (tertiary/aromatic N) is 2. The second-order valence-corrected chi connectivity index (χ2v) is 7.99. The summed E-state index contributed by atoms with van der Waals surface area (Å²) in [5.74, 6) is -0.740. The fourth-order valence-electron chi connectivity index (χ4n) is 2.40. The van der Waals surface area contributed by atoms with Crippen molar-refractivity contribution in [3.63, 3.8) is 0 Å². The topological polar surface area (TPSA) is 87.0 Å². The fraction of sp³-hybridized carbons (Fsp3) is 0.176. The van der Waals surface area contributed by atoms with E-state index in [1.165, 1.54) is 55.2 Å². The van der Waals surface area contributed by atoms with E-state index in [2.05, 4.69) is 9.13 Å². The number of hydrogen-bond donors (Lipinski definition) is 0. The Morgan fingerprint density at radius 3 is 2.52 bits per heavy atom. The second-order valence-electron chi connectivity index (χ2n) is 5.38. The summed E-state index contributed by atoms with van der Waals surface area (Å²) in [5, 5.41) is 0. The third-order valence-corrected chi connectivity index (χ3v) is 6.16. The number of thiazole rings is 1. The Kier molecular flexibility index (Phi) is 5.29. The minimum absolute atomic E-state index is 0.0312. The molecule has 142 valence electrons. The average Bonchev–Trinajstić information content (AvgIpc) is 2.99. The summed E-state index contributed by atoms with van der Waals surface area (Å²) in [4.78, 5) is 11.6. The van der Waals surface area contributed by atoms with Crippen molar-refractivity contribution in [2.45, 2.75) is 11.4 Å². The molecule has 0 N–H and O–H groups in total. The van der Waals surface area contributed by atoms with E-state index in [4.69, 9.17) is 4.74 Å². The molecule has 0 spiro atoms. The molecular weight excluding hydrogens is 395 g/mol. The molecule has 0 atom stereocenters. The molecule has 0 radical (unpaired) electrons. The van der Waals surface area contributed by atoms with Crippen molar-refractivity contribution >= 4 is 37.5 Å². The number of ether oxygens (including phenoxy) is 2. The molecule has 1 aromatic heterocycles. The molecule has 27 heavy (non-hydrogen) atoms. The molecular formula is C17H15FN2O5S2. The van der Waals surface area contributed by atoms with Crippen LogP contribution in [0.1, 0.15) is 0 Å². The van der Waals surface area contributed by atoms with Crippen molar-refractivity contribution in [1.82, 2.24) is 4.57 Å². The molecule has 0 saturated heterocycles. The smallest absolute Gasteiger partial charge is 0.325 e. The maximum Gasteiger partial charge on any atom is 0.325 e. The van der Waals surface area contributed by atoms with E-state index in [0.717, 1.165) is 11.3 Å². The first-order valence-corrected chi connectivity index (χ1v) is 9.91. The van der Waals surface area contributed by atoms with Gasteiger partial charge in [-0.05, 0) is 36.4 Å². The molecule has 7 nitrogen and oxygen atoms in total. The fourth-order valence-corrected chi connectivity index (χ4v) is 4.65. The lowest BCUT2D eigenvalue weighted by Crippen LogP contribution is -2.23. The molecule has 0 fully saturated rings. The SMILES string of the molecule is COC(=O)Cn1/c(=N/S(=O)(=O)c2ccc(OC)cc2)sc2cccc(F)c21. The lowest BCUT2D eigenvalue weighted by atomic mass is 10.3. The number of sulfonamides is 1. The van der Waals surface area contributed by atoms with E-state index >= 15 is 0 Å². The maximum atomic E-state index is 14.3. The van der Waals surface area contributed by atoms with Crippen molar-refractivity contribution < 1.29 is 27.1 Å². The van der Waals surface area contributed by atoms with Crippen molar-refractivity contribution in [2.75, 3.05) is 14.2 Å². The third kappa shape index (κ3) is 3.86. The first kappa shape index (κ1) is 19.1. The van der Waals surface area contributed by atoms with Gasteiger partial charge < -0.3 is 14.0 Å². The van der Waals surface area contributed by atoms with Gasteiger partial charge in [0.1, 0.15) is 18.1 Å². The van der Waals surface area contributed by atoms with Gasteiger partial charge in [0, 0.05) is 0 Å². The summed E-state index contributed by atoms with van der Waals surface area (Å²) in [6.45, 7) is -0.367. The number of fused-ring (bicyclic) bond motifs is 1. The Morgan fingerprint density at radius 2 is 1.89 bits per heavy atom. The van der Waals surface area contributed by atoms with Crippen molar-refractivity contribution in [3.05, 3.63) is 53.1 Å². The van der Waals surface area contributed by atoms with Crippen LogP contribution in [0.4, 0.5) is 4.39 Å². The Balaban J connectivity index is 2.20. The van der Waals surface area contributed by atoms with Gasteiger partial charge in [0.25, 0.3) is 10.0 Å². The molecule has 3 aromatic rings. The molecule has 0 saturated carbocycles. The Labute approximate surface area is 158 Å². The number of methoxy groups -OCH3 is 2. The van der Waals surface area contributed by atoms with Crippen LogP contribution in [0.15, 0.2) is 51.8 Å². The highest BCUT2D eigenvalue weighted by Gasteiger charge is 2.18. The van der Waals surface area contributed by atoms with Gasteiger partial charge in [-0.2, -0.15) is 8.42 Å². The monoisotopic (exact) mass is 410 g/mol. The van der Waals surface area contributed by atoms with Crippen LogP contribution < -0.4 is 9.54 Å². The van der Waals surface area contributed by atoms with Crippen LogP contribution in [-0.2, 0) is 26.1 Å². The van der Waals surface area contributed by atoms with Gasteiger partial charge in [-0.1, -0.05) is 17.4 Å². The van der Waals surface area contributed by atoms with Crippen LogP contribution in [0.5, 0.6) is 5.75 Å². The van der Waals surface area contributed by atoms with Gasteiger partial charge in [-0.15, -0.1) is 4.40 Å². The number of halogens is 1. The van der Waals surface area contributed by atoms with Gasteiger partial charge in [-0.25, -0.2) is 4.39 Å².